The maximum atomic E-state index is 13.1. The Morgan fingerprint density at radius 2 is 1.76 bits per heavy atom. The quantitative estimate of drug-likeness (QED) is 0.743. The van der Waals surface area contributed by atoms with Gasteiger partial charge >= 0.3 is 0 Å². The minimum Gasteiger partial charge on any atom is -0.342 e. The molecule has 1 aromatic rings. The zero-order chi connectivity index (χ0) is 21.0. The maximum absolute atomic E-state index is 13.1. The molecule has 2 amide bonds. The highest BCUT2D eigenvalue weighted by molar-refractivity contribution is 7.89. The largest absolute Gasteiger partial charge is 0.342 e. The van der Waals surface area contributed by atoms with Crippen LogP contribution in [0.1, 0.15) is 32.3 Å². The van der Waals surface area contributed by atoms with E-state index in [9.17, 15) is 18.0 Å². The van der Waals surface area contributed by atoms with Crippen LogP contribution in [-0.4, -0.2) is 72.6 Å². The normalized spacial score (nSPS) is 26.9. The van der Waals surface area contributed by atoms with Crippen molar-refractivity contribution in [1.82, 2.24) is 14.1 Å². The van der Waals surface area contributed by atoms with E-state index in [0.717, 1.165) is 5.56 Å². The molecule has 7 nitrogen and oxygen atoms in total. The number of benzene rings is 1. The molecular weight excluding hydrogens is 390 g/mol. The number of amides is 2. The van der Waals surface area contributed by atoms with E-state index in [0.29, 0.717) is 50.5 Å². The van der Waals surface area contributed by atoms with Crippen molar-refractivity contribution >= 4 is 21.8 Å². The van der Waals surface area contributed by atoms with Gasteiger partial charge in [0.25, 0.3) is 0 Å². The van der Waals surface area contributed by atoms with Gasteiger partial charge in [0.1, 0.15) is 0 Å². The fourth-order valence-electron chi connectivity index (χ4n) is 5.56. The summed E-state index contributed by atoms with van der Waals surface area (Å²) in [6.45, 7) is 7.95. The Kier molecular flexibility index (Phi) is 4.98. The lowest BCUT2D eigenvalue weighted by molar-refractivity contribution is -0.136. The van der Waals surface area contributed by atoms with Crippen LogP contribution in [0.4, 0.5) is 0 Å². The number of hydrogen-bond donors (Lipinski definition) is 0. The molecule has 0 bridgehead atoms. The SMILES string of the molecule is CCN1C(=O)[C@@H]2CN(C(C)=O)C[C@@H]2C12CCN(S(=O)(=O)c1ccc(C)cc1)CC2. The predicted octanol–water partition coefficient (Wildman–Crippen LogP) is 1.47. The number of piperidine rings is 1. The van der Waals surface area contributed by atoms with E-state index in [1.807, 2.05) is 30.9 Å². The summed E-state index contributed by atoms with van der Waals surface area (Å²) in [5.41, 5.74) is 0.673. The van der Waals surface area contributed by atoms with Gasteiger partial charge in [-0.25, -0.2) is 8.42 Å². The third-order valence-electron chi connectivity index (χ3n) is 7.14. The molecule has 0 unspecified atom stereocenters. The van der Waals surface area contributed by atoms with E-state index >= 15 is 0 Å². The van der Waals surface area contributed by atoms with Gasteiger partial charge in [-0.05, 0) is 38.8 Å². The molecular formula is C21H29N3O4S. The number of sulfonamides is 1. The van der Waals surface area contributed by atoms with Crippen molar-refractivity contribution in [2.75, 3.05) is 32.7 Å². The highest BCUT2D eigenvalue weighted by Gasteiger charge is 2.61. The standard InChI is InChI=1S/C21H29N3O4S/c1-4-24-20(26)18-13-22(16(3)25)14-19(18)21(24)9-11-23(12-10-21)29(27,28)17-7-5-15(2)6-8-17/h5-8,18-19H,4,9-14H2,1-3H3/t18-,19+/m1/s1. The van der Waals surface area contributed by atoms with Gasteiger partial charge in [-0.3, -0.25) is 9.59 Å². The van der Waals surface area contributed by atoms with E-state index in [1.54, 1.807) is 28.3 Å². The summed E-state index contributed by atoms with van der Waals surface area (Å²) >= 11 is 0. The average Bonchev–Trinajstić information content (AvgIpc) is 3.22. The molecule has 2 atom stereocenters. The zero-order valence-corrected chi connectivity index (χ0v) is 18.1. The number of nitrogens with zero attached hydrogens (tertiary/aromatic N) is 3. The van der Waals surface area contributed by atoms with E-state index < -0.39 is 10.0 Å². The summed E-state index contributed by atoms with van der Waals surface area (Å²) in [6.07, 6.45) is 1.23. The Hall–Kier alpha value is -1.93. The number of likely N-dealkylation sites (tertiary alicyclic amines) is 2. The Labute approximate surface area is 172 Å². The molecule has 0 aliphatic carbocycles. The molecule has 1 spiro atoms. The van der Waals surface area contributed by atoms with Crippen molar-refractivity contribution in [3.63, 3.8) is 0 Å². The van der Waals surface area contributed by atoms with Crippen LogP contribution < -0.4 is 0 Å². The number of carbonyl (C=O) groups excluding carboxylic acids is 2. The lowest BCUT2D eigenvalue weighted by Crippen LogP contribution is -2.57. The van der Waals surface area contributed by atoms with Gasteiger partial charge in [0, 0.05) is 45.6 Å². The lowest BCUT2D eigenvalue weighted by atomic mass is 9.75. The van der Waals surface area contributed by atoms with Crippen molar-refractivity contribution in [3.8, 4) is 0 Å². The molecule has 0 aromatic heterocycles. The molecule has 3 aliphatic rings. The molecule has 158 valence electrons. The Morgan fingerprint density at radius 1 is 1.14 bits per heavy atom. The predicted molar refractivity (Wildman–Crippen MR) is 109 cm³/mol. The van der Waals surface area contributed by atoms with Gasteiger partial charge in [0.2, 0.25) is 21.8 Å². The second kappa shape index (κ2) is 7.09. The van der Waals surface area contributed by atoms with Crippen LogP contribution in [0.5, 0.6) is 0 Å². The second-order valence-corrected chi connectivity index (χ2v) is 10.5. The Balaban J connectivity index is 1.57. The summed E-state index contributed by atoms with van der Waals surface area (Å²) in [4.78, 5) is 29.0. The molecule has 4 rings (SSSR count). The second-order valence-electron chi connectivity index (χ2n) is 8.54. The first-order valence-electron chi connectivity index (χ1n) is 10.3. The first-order chi connectivity index (χ1) is 13.7. The topological polar surface area (TPSA) is 78.0 Å². The van der Waals surface area contributed by atoms with E-state index in [4.69, 9.17) is 0 Å². The maximum Gasteiger partial charge on any atom is 0.243 e. The van der Waals surface area contributed by atoms with Crippen LogP contribution in [0.3, 0.4) is 0 Å². The van der Waals surface area contributed by atoms with Gasteiger partial charge in [-0.15, -0.1) is 0 Å². The number of aryl methyl sites for hydroxylation is 1. The monoisotopic (exact) mass is 419 g/mol. The molecule has 3 saturated heterocycles. The Bertz CT molecular complexity index is 920. The molecule has 3 fully saturated rings. The van der Waals surface area contributed by atoms with E-state index in [1.165, 1.54) is 0 Å². The first-order valence-corrected chi connectivity index (χ1v) is 11.8. The third kappa shape index (κ3) is 3.08. The number of carbonyl (C=O) groups is 2. The lowest BCUT2D eigenvalue weighted by Gasteiger charge is -2.47. The fraction of sp³-hybridized carbons (Fsp3) is 0.619. The number of rotatable bonds is 3. The molecule has 0 saturated carbocycles. The van der Waals surface area contributed by atoms with Crippen LogP contribution in [0.2, 0.25) is 0 Å². The van der Waals surface area contributed by atoms with Crippen molar-refractivity contribution in [1.29, 1.82) is 0 Å². The molecule has 3 heterocycles. The molecule has 8 heteroatoms. The zero-order valence-electron chi connectivity index (χ0n) is 17.3. The molecule has 1 aromatic carbocycles. The van der Waals surface area contributed by atoms with Gasteiger partial charge in [0.15, 0.2) is 0 Å². The number of fused-ring (bicyclic) bond motifs is 2. The van der Waals surface area contributed by atoms with Crippen LogP contribution in [0.25, 0.3) is 0 Å². The Morgan fingerprint density at radius 3 is 2.31 bits per heavy atom. The van der Waals surface area contributed by atoms with Gasteiger partial charge < -0.3 is 9.80 Å². The molecule has 3 aliphatic heterocycles. The van der Waals surface area contributed by atoms with Gasteiger partial charge in [-0.2, -0.15) is 4.31 Å². The van der Waals surface area contributed by atoms with E-state index in [2.05, 4.69) is 0 Å². The van der Waals surface area contributed by atoms with Crippen LogP contribution in [-0.2, 0) is 19.6 Å². The van der Waals surface area contributed by atoms with Crippen LogP contribution in [0, 0.1) is 18.8 Å². The highest BCUT2D eigenvalue weighted by Crippen LogP contribution is 2.50. The smallest absolute Gasteiger partial charge is 0.243 e. The van der Waals surface area contributed by atoms with Crippen molar-refractivity contribution in [2.24, 2.45) is 11.8 Å². The molecule has 29 heavy (non-hydrogen) atoms. The summed E-state index contributed by atoms with van der Waals surface area (Å²) in [6, 6.07) is 6.94. The van der Waals surface area contributed by atoms with Crippen molar-refractivity contribution in [3.05, 3.63) is 29.8 Å². The van der Waals surface area contributed by atoms with Gasteiger partial charge in [0.05, 0.1) is 16.4 Å². The summed E-state index contributed by atoms with van der Waals surface area (Å²) < 4.78 is 27.7. The summed E-state index contributed by atoms with van der Waals surface area (Å²) in [5, 5.41) is 0. The molecule has 0 radical (unpaired) electrons. The third-order valence-corrected chi connectivity index (χ3v) is 9.05. The number of hydrogen-bond acceptors (Lipinski definition) is 4. The summed E-state index contributed by atoms with van der Waals surface area (Å²) in [7, 11) is -3.54. The van der Waals surface area contributed by atoms with E-state index in [-0.39, 0.29) is 29.2 Å². The van der Waals surface area contributed by atoms with Crippen LogP contribution >= 0.6 is 0 Å². The minimum absolute atomic E-state index is 0.00443. The van der Waals surface area contributed by atoms with Crippen LogP contribution in [0.15, 0.2) is 29.2 Å². The average molecular weight is 420 g/mol. The van der Waals surface area contributed by atoms with Crippen molar-refractivity contribution in [2.45, 2.75) is 44.0 Å². The van der Waals surface area contributed by atoms with Gasteiger partial charge in [-0.1, -0.05) is 17.7 Å². The fourth-order valence-corrected chi connectivity index (χ4v) is 7.00. The minimum atomic E-state index is -3.54. The van der Waals surface area contributed by atoms with Crippen molar-refractivity contribution < 1.29 is 18.0 Å². The summed E-state index contributed by atoms with van der Waals surface area (Å²) in [5.74, 6) is 0.0584. The highest BCUT2D eigenvalue weighted by atomic mass is 32.2. The molecule has 0 N–H and O–H groups in total. The first kappa shape index (κ1) is 20.3.